The van der Waals surface area contributed by atoms with E-state index < -0.39 is 0 Å². The summed E-state index contributed by atoms with van der Waals surface area (Å²) in [5.41, 5.74) is 4.70. The van der Waals surface area contributed by atoms with Crippen LogP contribution in [0.1, 0.15) is 36.1 Å². The largest absolute Gasteiger partial charge is 0.356 e. The van der Waals surface area contributed by atoms with Crippen molar-refractivity contribution in [3.63, 3.8) is 0 Å². The van der Waals surface area contributed by atoms with Crippen LogP contribution in [0.5, 0.6) is 0 Å². The first-order valence-electron chi connectivity index (χ1n) is 11.1. The van der Waals surface area contributed by atoms with Crippen molar-refractivity contribution in [3.05, 3.63) is 77.5 Å². The number of anilines is 4. The Morgan fingerprint density at radius 2 is 1.66 bits per heavy atom. The molecule has 0 unspecified atom stereocenters. The third-order valence-corrected chi connectivity index (χ3v) is 5.53. The van der Waals surface area contributed by atoms with E-state index in [9.17, 15) is 4.79 Å². The number of benzene rings is 2. The Labute approximate surface area is 189 Å². The topological polar surface area (TPSA) is 70.2 Å². The SMILES string of the molecule is Cc1cc(N2CCCCC2)nc(Nc2ccc(NC(=O)/C=C/c3ccccc3C)cc2)n1. The van der Waals surface area contributed by atoms with E-state index >= 15 is 0 Å². The highest BCUT2D eigenvalue weighted by Crippen LogP contribution is 2.22. The van der Waals surface area contributed by atoms with E-state index in [2.05, 4.69) is 20.5 Å². The quantitative estimate of drug-likeness (QED) is 0.510. The predicted octanol–water partition coefficient (Wildman–Crippen LogP) is 5.48. The lowest BCUT2D eigenvalue weighted by molar-refractivity contribution is -0.111. The molecule has 3 aromatic rings. The maximum absolute atomic E-state index is 12.3. The number of piperidine rings is 1. The zero-order valence-corrected chi connectivity index (χ0v) is 18.6. The van der Waals surface area contributed by atoms with Crippen molar-refractivity contribution in [2.75, 3.05) is 28.6 Å². The Kier molecular flexibility index (Phi) is 6.80. The van der Waals surface area contributed by atoms with Gasteiger partial charge in [0, 0.05) is 42.3 Å². The van der Waals surface area contributed by atoms with Gasteiger partial charge in [0.15, 0.2) is 0 Å². The molecular weight excluding hydrogens is 398 g/mol. The highest BCUT2D eigenvalue weighted by Gasteiger charge is 2.14. The normalized spacial score (nSPS) is 13.9. The van der Waals surface area contributed by atoms with Crippen LogP contribution in [0.3, 0.4) is 0 Å². The molecule has 1 aromatic heterocycles. The first-order chi connectivity index (χ1) is 15.6. The fourth-order valence-electron chi connectivity index (χ4n) is 3.78. The number of amides is 1. The van der Waals surface area contributed by atoms with Gasteiger partial charge in [-0.25, -0.2) is 4.98 Å². The van der Waals surface area contributed by atoms with E-state index in [0.29, 0.717) is 5.95 Å². The van der Waals surface area contributed by atoms with Crippen LogP contribution in [-0.4, -0.2) is 29.0 Å². The van der Waals surface area contributed by atoms with Crippen LogP contribution in [0.4, 0.5) is 23.1 Å². The highest BCUT2D eigenvalue weighted by atomic mass is 16.1. The van der Waals surface area contributed by atoms with Gasteiger partial charge in [-0.3, -0.25) is 4.79 Å². The number of nitrogens with zero attached hydrogens (tertiary/aromatic N) is 3. The standard InChI is InChI=1S/C26H29N5O/c1-19-8-4-5-9-21(19)10-15-25(32)28-22-11-13-23(14-12-22)29-26-27-20(2)18-24(30-26)31-16-6-3-7-17-31/h4-5,8-15,18H,3,6-7,16-17H2,1-2H3,(H,28,32)(H,27,29,30)/b15-10+. The van der Waals surface area contributed by atoms with E-state index in [1.807, 2.05) is 74.5 Å². The third-order valence-electron chi connectivity index (χ3n) is 5.53. The van der Waals surface area contributed by atoms with Crippen LogP contribution in [0.15, 0.2) is 60.7 Å². The summed E-state index contributed by atoms with van der Waals surface area (Å²) in [6.07, 6.45) is 7.08. The zero-order valence-electron chi connectivity index (χ0n) is 18.6. The molecule has 2 heterocycles. The van der Waals surface area contributed by atoms with Gasteiger partial charge in [0.2, 0.25) is 11.9 Å². The molecule has 1 saturated heterocycles. The van der Waals surface area contributed by atoms with Gasteiger partial charge < -0.3 is 15.5 Å². The van der Waals surface area contributed by atoms with E-state index in [1.165, 1.54) is 19.3 Å². The molecular formula is C26H29N5O. The number of nitrogens with one attached hydrogen (secondary N) is 2. The second-order valence-electron chi connectivity index (χ2n) is 8.12. The van der Waals surface area contributed by atoms with Gasteiger partial charge in [-0.2, -0.15) is 4.98 Å². The van der Waals surface area contributed by atoms with Crippen LogP contribution < -0.4 is 15.5 Å². The number of aromatic nitrogens is 2. The molecule has 0 bridgehead atoms. The van der Waals surface area contributed by atoms with Crippen LogP contribution in [-0.2, 0) is 4.79 Å². The molecule has 1 amide bonds. The minimum atomic E-state index is -0.165. The second kappa shape index (κ2) is 10.1. The minimum Gasteiger partial charge on any atom is -0.356 e. The van der Waals surface area contributed by atoms with Crippen molar-refractivity contribution in [1.82, 2.24) is 9.97 Å². The maximum Gasteiger partial charge on any atom is 0.248 e. The summed E-state index contributed by atoms with van der Waals surface area (Å²) in [5, 5.41) is 6.17. The van der Waals surface area contributed by atoms with Crippen LogP contribution in [0.2, 0.25) is 0 Å². The molecule has 1 fully saturated rings. The predicted molar refractivity (Wildman–Crippen MR) is 131 cm³/mol. The highest BCUT2D eigenvalue weighted by molar-refractivity contribution is 6.02. The van der Waals surface area contributed by atoms with Gasteiger partial charge >= 0.3 is 0 Å². The van der Waals surface area contributed by atoms with Gasteiger partial charge in [0.05, 0.1) is 0 Å². The van der Waals surface area contributed by atoms with Crippen LogP contribution >= 0.6 is 0 Å². The molecule has 0 atom stereocenters. The number of carbonyl (C=O) groups excluding carboxylic acids is 1. The molecule has 0 aliphatic carbocycles. The summed E-state index contributed by atoms with van der Waals surface area (Å²) in [6.45, 7) is 6.10. The molecule has 1 aliphatic heterocycles. The lowest BCUT2D eigenvalue weighted by Gasteiger charge is -2.28. The average Bonchev–Trinajstić information content (AvgIpc) is 2.80. The maximum atomic E-state index is 12.3. The third kappa shape index (κ3) is 5.72. The number of hydrogen-bond donors (Lipinski definition) is 2. The molecule has 32 heavy (non-hydrogen) atoms. The van der Waals surface area contributed by atoms with Gasteiger partial charge in [-0.05, 0) is 74.6 Å². The summed E-state index contributed by atoms with van der Waals surface area (Å²) in [7, 11) is 0. The molecule has 2 aromatic carbocycles. The summed E-state index contributed by atoms with van der Waals surface area (Å²) in [4.78, 5) is 23.8. The van der Waals surface area contributed by atoms with Crippen molar-refractivity contribution in [2.45, 2.75) is 33.1 Å². The minimum absolute atomic E-state index is 0.165. The summed E-state index contributed by atoms with van der Waals surface area (Å²) >= 11 is 0. The fourth-order valence-corrected chi connectivity index (χ4v) is 3.78. The Morgan fingerprint density at radius 3 is 2.41 bits per heavy atom. The van der Waals surface area contributed by atoms with Crippen LogP contribution in [0.25, 0.3) is 6.08 Å². The molecule has 0 spiro atoms. The van der Waals surface area contributed by atoms with E-state index in [-0.39, 0.29) is 5.91 Å². The first-order valence-corrected chi connectivity index (χ1v) is 11.1. The Balaban J connectivity index is 1.38. The van der Waals surface area contributed by atoms with Crippen molar-refractivity contribution >= 4 is 35.1 Å². The Morgan fingerprint density at radius 1 is 0.938 bits per heavy atom. The lowest BCUT2D eigenvalue weighted by atomic mass is 10.1. The molecule has 164 valence electrons. The van der Waals surface area contributed by atoms with E-state index in [1.54, 1.807) is 6.08 Å². The lowest BCUT2D eigenvalue weighted by Crippen LogP contribution is -2.30. The number of rotatable bonds is 6. The molecule has 1 aliphatic rings. The van der Waals surface area contributed by atoms with Gasteiger partial charge in [0.1, 0.15) is 5.82 Å². The Bertz CT molecular complexity index is 1100. The molecule has 0 saturated carbocycles. The van der Waals surface area contributed by atoms with Gasteiger partial charge in [-0.15, -0.1) is 0 Å². The van der Waals surface area contributed by atoms with Crippen molar-refractivity contribution in [1.29, 1.82) is 0 Å². The monoisotopic (exact) mass is 427 g/mol. The first kappa shape index (κ1) is 21.6. The summed E-state index contributed by atoms with van der Waals surface area (Å²) in [6, 6.07) is 17.6. The van der Waals surface area contributed by atoms with Crippen molar-refractivity contribution in [3.8, 4) is 0 Å². The smallest absolute Gasteiger partial charge is 0.248 e. The van der Waals surface area contributed by atoms with E-state index in [0.717, 1.165) is 47.1 Å². The average molecular weight is 428 g/mol. The molecule has 4 rings (SSSR count). The molecule has 6 heteroatoms. The molecule has 2 N–H and O–H groups in total. The molecule has 0 radical (unpaired) electrons. The number of hydrogen-bond acceptors (Lipinski definition) is 5. The zero-order chi connectivity index (χ0) is 22.3. The van der Waals surface area contributed by atoms with Gasteiger partial charge in [0.25, 0.3) is 0 Å². The van der Waals surface area contributed by atoms with E-state index in [4.69, 9.17) is 4.98 Å². The molecule has 6 nitrogen and oxygen atoms in total. The van der Waals surface area contributed by atoms with Gasteiger partial charge in [-0.1, -0.05) is 24.3 Å². The fraction of sp³-hybridized carbons (Fsp3) is 0.269. The summed E-state index contributed by atoms with van der Waals surface area (Å²) < 4.78 is 0. The van der Waals surface area contributed by atoms with Crippen LogP contribution in [0, 0.1) is 13.8 Å². The van der Waals surface area contributed by atoms with Crippen molar-refractivity contribution in [2.24, 2.45) is 0 Å². The van der Waals surface area contributed by atoms with Crippen molar-refractivity contribution < 1.29 is 4.79 Å². The summed E-state index contributed by atoms with van der Waals surface area (Å²) in [5.74, 6) is 1.40. The Hall–Kier alpha value is -3.67. The number of carbonyl (C=O) groups is 1. The number of aryl methyl sites for hydroxylation is 2. The second-order valence-corrected chi connectivity index (χ2v) is 8.12.